The molecule has 2 aromatic rings. The third kappa shape index (κ3) is 6.79. The van der Waals surface area contributed by atoms with Gasteiger partial charge in [0.2, 0.25) is 11.8 Å². The molecule has 0 saturated carbocycles. The maximum absolute atomic E-state index is 13.2. The van der Waals surface area contributed by atoms with Crippen molar-refractivity contribution in [2.24, 2.45) is 0 Å². The van der Waals surface area contributed by atoms with Gasteiger partial charge in [-0.25, -0.2) is 0 Å². The molecule has 0 bridgehead atoms. The molecule has 5 nitrogen and oxygen atoms in total. The van der Waals surface area contributed by atoms with Gasteiger partial charge in [0.25, 0.3) is 0 Å². The van der Waals surface area contributed by atoms with E-state index in [2.05, 4.69) is 5.32 Å². The minimum atomic E-state index is -0.609. The van der Waals surface area contributed by atoms with Crippen molar-refractivity contribution in [1.82, 2.24) is 10.2 Å². The molecule has 0 fully saturated rings. The third-order valence-electron chi connectivity index (χ3n) is 4.90. The van der Waals surface area contributed by atoms with E-state index in [9.17, 15) is 9.59 Å². The van der Waals surface area contributed by atoms with Gasteiger partial charge >= 0.3 is 0 Å². The molecule has 29 heavy (non-hydrogen) atoms. The Hall–Kier alpha value is -2.53. The molecule has 156 valence electrons. The van der Waals surface area contributed by atoms with Crippen LogP contribution in [0.2, 0.25) is 5.02 Å². The summed E-state index contributed by atoms with van der Waals surface area (Å²) in [6.45, 7) is 6.03. The standard InChI is InChI=1S/C23H29ClN2O3/c1-5-16(2)25-23(28)17(3)26(15-19-9-7-11-21(13-19)29-4)22(27)14-18-8-6-10-20(24)12-18/h6-13,16-17H,5,14-15H2,1-4H3,(H,25,28). The zero-order chi connectivity index (χ0) is 21.4. The van der Waals surface area contributed by atoms with Crippen LogP contribution in [0.3, 0.4) is 0 Å². The lowest BCUT2D eigenvalue weighted by Crippen LogP contribution is -2.49. The topological polar surface area (TPSA) is 58.6 Å². The Morgan fingerprint density at radius 2 is 1.79 bits per heavy atom. The van der Waals surface area contributed by atoms with Crippen LogP contribution in [0.25, 0.3) is 0 Å². The summed E-state index contributed by atoms with van der Waals surface area (Å²) < 4.78 is 5.28. The quantitative estimate of drug-likeness (QED) is 0.665. The number of amides is 2. The van der Waals surface area contributed by atoms with E-state index in [0.29, 0.717) is 17.3 Å². The number of benzene rings is 2. The van der Waals surface area contributed by atoms with Crippen LogP contribution in [-0.4, -0.2) is 35.9 Å². The molecule has 2 amide bonds. The average molecular weight is 417 g/mol. The van der Waals surface area contributed by atoms with Crippen LogP contribution in [0.5, 0.6) is 5.75 Å². The Balaban J connectivity index is 2.25. The molecule has 0 radical (unpaired) electrons. The van der Waals surface area contributed by atoms with Crippen LogP contribution in [0.1, 0.15) is 38.3 Å². The second-order valence-electron chi connectivity index (χ2n) is 7.17. The van der Waals surface area contributed by atoms with Gasteiger partial charge in [-0.15, -0.1) is 0 Å². The Kier molecular flexibility index (Phi) is 8.52. The first-order valence-corrected chi connectivity index (χ1v) is 10.2. The minimum absolute atomic E-state index is 0.0478. The van der Waals surface area contributed by atoms with Crippen molar-refractivity contribution >= 4 is 23.4 Å². The zero-order valence-electron chi connectivity index (χ0n) is 17.4. The Bertz CT molecular complexity index is 840. The monoisotopic (exact) mass is 416 g/mol. The van der Waals surface area contributed by atoms with E-state index in [1.54, 1.807) is 31.1 Å². The highest BCUT2D eigenvalue weighted by atomic mass is 35.5. The molecule has 0 aliphatic carbocycles. The number of methoxy groups -OCH3 is 1. The van der Waals surface area contributed by atoms with Gasteiger partial charge in [0, 0.05) is 17.6 Å². The van der Waals surface area contributed by atoms with Gasteiger partial charge < -0.3 is 15.0 Å². The third-order valence-corrected chi connectivity index (χ3v) is 5.13. The van der Waals surface area contributed by atoms with Gasteiger partial charge in [-0.05, 0) is 55.7 Å². The predicted molar refractivity (Wildman–Crippen MR) is 116 cm³/mol. The summed E-state index contributed by atoms with van der Waals surface area (Å²) in [6.07, 6.45) is 0.996. The summed E-state index contributed by atoms with van der Waals surface area (Å²) in [4.78, 5) is 27.5. The number of nitrogens with one attached hydrogen (secondary N) is 1. The summed E-state index contributed by atoms with van der Waals surface area (Å²) in [6, 6.07) is 14.2. The minimum Gasteiger partial charge on any atom is -0.497 e. The first-order valence-electron chi connectivity index (χ1n) is 9.81. The van der Waals surface area contributed by atoms with Crippen LogP contribution in [0, 0.1) is 0 Å². The smallest absolute Gasteiger partial charge is 0.242 e. The zero-order valence-corrected chi connectivity index (χ0v) is 18.2. The maximum Gasteiger partial charge on any atom is 0.242 e. The number of nitrogens with zero attached hydrogens (tertiary/aromatic N) is 1. The van der Waals surface area contributed by atoms with Crippen LogP contribution in [0.4, 0.5) is 0 Å². The SMILES string of the molecule is CCC(C)NC(=O)C(C)N(Cc1cccc(OC)c1)C(=O)Cc1cccc(Cl)c1. The lowest BCUT2D eigenvalue weighted by atomic mass is 10.1. The Morgan fingerprint density at radius 3 is 2.45 bits per heavy atom. The number of hydrogen-bond donors (Lipinski definition) is 1. The van der Waals surface area contributed by atoms with Gasteiger partial charge in [0.1, 0.15) is 11.8 Å². The van der Waals surface area contributed by atoms with Crippen molar-refractivity contribution in [1.29, 1.82) is 0 Å². The summed E-state index contributed by atoms with van der Waals surface area (Å²) in [5.74, 6) is 0.407. The second kappa shape index (κ2) is 10.9. The largest absolute Gasteiger partial charge is 0.497 e. The molecule has 2 aromatic carbocycles. The van der Waals surface area contributed by atoms with E-state index < -0.39 is 6.04 Å². The van der Waals surface area contributed by atoms with E-state index in [-0.39, 0.29) is 24.3 Å². The van der Waals surface area contributed by atoms with E-state index in [4.69, 9.17) is 16.3 Å². The van der Waals surface area contributed by atoms with Crippen molar-refractivity contribution in [2.75, 3.05) is 7.11 Å². The maximum atomic E-state index is 13.2. The fraction of sp³-hybridized carbons (Fsp3) is 0.391. The normalized spacial score (nSPS) is 12.7. The number of rotatable bonds is 9. The molecule has 2 atom stereocenters. The molecule has 0 spiro atoms. The van der Waals surface area contributed by atoms with Crippen molar-refractivity contribution in [2.45, 2.75) is 52.2 Å². The van der Waals surface area contributed by atoms with Gasteiger partial charge in [-0.1, -0.05) is 42.8 Å². The van der Waals surface area contributed by atoms with Crippen molar-refractivity contribution in [3.05, 3.63) is 64.7 Å². The molecule has 2 rings (SSSR count). The Labute approximate surface area is 178 Å². The van der Waals surface area contributed by atoms with Gasteiger partial charge in [-0.3, -0.25) is 9.59 Å². The van der Waals surface area contributed by atoms with E-state index in [1.807, 2.05) is 50.2 Å². The van der Waals surface area contributed by atoms with Gasteiger partial charge in [-0.2, -0.15) is 0 Å². The van der Waals surface area contributed by atoms with Crippen molar-refractivity contribution < 1.29 is 14.3 Å². The first-order chi connectivity index (χ1) is 13.8. The molecular formula is C23H29ClN2O3. The summed E-state index contributed by atoms with van der Waals surface area (Å²) >= 11 is 6.05. The van der Waals surface area contributed by atoms with E-state index >= 15 is 0 Å². The van der Waals surface area contributed by atoms with Gasteiger partial charge in [0.15, 0.2) is 0 Å². The molecule has 2 unspecified atom stereocenters. The number of carbonyl (C=O) groups is 2. The van der Waals surface area contributed by atoms with Crippen LogP contribution >= 0.6 is 11.6 Å². The summed E-state index contributed by atoms with van der Waals surface area (Å²) in [5, 5.41) is 3.55. The molecule has 0 heterocycles. The highest BCUT2D eigenvalue weighted by Crippen LogP contribution is 2.18. The fourth-order valence-corrected chi connectivity index (χ4v) is 3.15. The lowest BCUT2D eigenvalue weighted by Gasteiger charge is -2.30. The molecule has 6 heteroatoms. The fourth-order valence-electron chi connectivity index (χ4n) is 2.94. The summed E-state index contributed by atoms with van der Waals surface area (Å²) in [7, 11) is 1.60. The van der Waals surface area contributed by atoms with Crippen LogP contribution < -0.4 is 10.1 Å². The molecule has 0 saturated heterocycles. The Morgan fingerprint density at radius 1 is 1.10 bits per heavy atom. The number of carbonyl (C=O) groups excluding carboxylic acids is 2. The molecule has 0 aromatic heterocycles. The second-order valence-corrected chi connectivity index (χ2v) is 7.61. The molecule has 1 N–H and O–H groups in total. The number of ether oxygens (including phenoxy) is 1. The van der Waals surface area contributed by atoms with E-state index in [1.165, 1.54) is 0 Å². The molecular weight excluding hydrogens is 388 g/mol. The highest BCUT2D eigenvalue weighted by Gasteiger charge is 2.27. The molecule has 0 aliphatic heterocycles. The summed E-state index contributed by atoms with van der Waals surface area (Å²) in [5.41, 5.74) is 1.71. The van der Waals surface area contributed by atoms with Crippen LogP contribution in [0.15, 0.2) is 48.5 Å². The van der Waals surface area contributed by atoms with Crippen LogP contribution in [-0.2, 0) is 22.6 Å². The molecule has 0 aliphatic rings. The highest BCUT2D eigenvalue weighted by molar-refractivity contribution is 6.30. The lowest BCUT2D eigenvalue weighted by molar-refractivity contribution is -0.140. The van der Waals surface area contributed by atoms with Crippen molar-refractivity contribution in [3.63, 3.8) is 0 Å². The van der Waals surface area contributed by atoms with Crippen molar-refractivity contribution in [3.8, 4) is 5.75 Å². The first kappa shape index (κ1) is 22.8. The average Bonchev–Trinajstić information content (AvgIpc) is 2.71. The van der Waals surface area contributed by atoms with Gasteiger partial charge in [0.05, 0.1) is 13.5 Å². The number of hydrogen-bond acceptors (Lipinski definition) is 3. The van der Waals surface area contributed by atoms with E-state index in [0.717, 1.165) is 17.5 Å². The predicted octanol–water partition coefficient (Wildman–Crippen LogP) is 4.22. The number of halogens is 1.